The second kappa shape index (κ2) is 3.76. The fourth-order valence-corrected chi connectivity index (χ4v) is 3.36. The Labute approximate surface area is 89.7 Å². The van der Waals surface area contributed by atoms with E-state index in [4.69, 9.17) is 4.74 Å². The third-order valence-electron chi connectivity index (χ3n) is 2.29. The van der Waals surface area contributed by atoms with Crippen molar-refractivity contribution in [3.63, 3.8) is 0 Å². The van der Waals surface area contributed by atoms with Crippen molar-refractivity contribution in [2.75, 3.05) is 7.11 Å². The summed E-state index contributed by atoms with van der Waals surface area (Å²) in [5.41, 5.74) is 2.32. The van der Waals surface area contributed by atoms with Crippen molar-refractivity contribution >= 4 is 24.3 Å². The summed E-state index contributed by atoms with van der Waals surface area (Å²) < 4.78 is 8.02. The van der Waals surface area contributed by atoms with Gasteiger partial charge in [0.15, 0.2) is 0 Å². The van der Waals surface area contributed by atoms with E-state index in [1.54, 1.807) is 7.11 Å². The van der Waals surface area contributed by atoms with Crippen LogP contribution in [0.15, 0.2) is 12.1 Å². The normalized spacial score (nSPS) is 10.8. The van der Waals surface area contributed by atoms with E-state index in [0.717, 1.165) is 17.7 Å². The molecule has 0 unspecified atom stereocenters. The number of benzene rings is 1. The molecule has 0 amide bonds. The van der Waals surface area contributed by atoms with Gasteiger partial charge in [-0.25, -0.2) is 0 Å². The molecule has 0 atom stereocenters. The molecular formula is C11H13NOSe. The SMILES string of the molecule is CCc1ccc2[se]c(C)nc2c1OC. The number of aromatic nitrogens is 1. The molecule has 14 heavy (non-hydrogen) atoms. The fraction of sp³-hybridized carbons (Fsp3) is 0.364. The van der Waals surface area contributed by atoms with Gasteiger partial charge in [0.25, 0.3) is 0 Å². The Bertz CT molecular complexity index is 462. The second-order valence-electron chi connectivity index (χ2n) is 3.19. The molecule has 0 spiro atoms. The molecular weight excluding hydrogens is 241 g/mol. The molecule has 1 heterocycles. The third kappa shape index (κ3) is 1.47. The molecule has 0 radical (unpaired) electrons. The zero-order valence-electron chi connectivity index (χ0n) is 8.63. The van der Waals surface area contributed by atoms with Crippen LogP contribution >= 0.6 is 0 Å². The number of fused-ring (bicyclic) bond motifs is 1. The van der Waals surface area contributed by atoms with Crippen LogP contribution < -0.4 is 4.74 Å². The molecule has 1 aromatic heterocycles. The van der Waals surface area contributed by atoms with Crippen LogP contribution in [0.2, 0.25) is 0 Å². The summed E-state index contributed by atoms with van der Waals surface area (Å²) in [5, 5.41) is 0. The monoisotopic (exact) mass is 255 g/mol. The minimum atomic E-state index is 0.412. The van der Waals surface area contributed by atoms with Gasteiger partial charge in [-0.1, -0.05) is 0 Å². The van der Waals surface area contributed by atoms with Gasteiger partial charge in [0, 0.05) is 0 Å². The number of ether oxygens (including phenoxy) is 1. The van der Waals surface area contributed by atoms with E-state index >= 15 is 0 Å². The Morgan fingerprint density at radius 2 is 2.21 bits per heavy atom. The van der Waals surface area contributed by atoms with Crippen LogP contribution in [0.1, 0.15) is 17.1 Å². The molecule has 0 aliphatic carbocycles. The maximum atomic E-state index is 5.43. The predicted molar refractivity (Wildman–Crippen MR) is 59.4 cm³/mol. The maximum absolute atomic E-state index is 5.43. The van der Waals surface area contributed by atoms with Crippen LogP contribution in [0.25, 0.3) is 9.78 Å². The van der Waals surface area contributed by atoms with E-state index < -0.39 is 0 Å². The van der Waals surface area contributed by atoms with Crippen molar-refractivity contribution in [3.05, 3.63) is 22.3 Å². The van der Waals surface area contributed by atoms with Crippen LogP contribution in [0.4, 0.5) is 0 Å². The zero-order chi connectivity index (χ0) is 10.1. The van der Waals surface area contributed by atoms with Gasteiger partial charge in [0.1, 0.15) is 0 Å². The van der Waals surface area contributed by atoms with Crippen LogP contribution in [-0.4, -0.2) is 26.6 Å². The third-order valence-corrected chi connectivity index (χ3v) is 4.25. The van der Waals surface area contributed by atoms with Gasteiger partial charge in [-0.2, -0.15) is 0 Å². The van der Waals surface area contributed by atoms with Crippen molar-refractivity contribution < 1.29 is 4.74 Å². The summed E-state index contributed by atoms with van der Waals surface area (Å²) in [4.78, 5) is 4.55. The van der Waals surface area contributed by atoms with Gasteiger partial charge in [0.05, 0.1) is 0 Å². The number of methoxy groups -OCH3 is 1. The van der Waals surface area contributed by atoms with Crippen LogP contribution in [0.5, 0.6) is 5.75 Å². The molecule has 2 rings (SSSR count). The van der Waals surface area contributed by atoms with Crippen LogP contribution in [-0.2, 0) is 6.42 Å². The van der Waals surface area contributed by atoms with Gasteiger partial charge >= 0.3 is 89.4 Å². The quantitative estimate of drug-likeness (QED) is 0.766. The van der Waals surface area contributed by atoms with Crippen molar-refractivity contribution in [1.29, 1.82) is 0 Å². The molecule has 0 fully saturated rings. The Morgan fingerprint density at radius 1 is 1.43 bits per heavy atom. The second-order valence-corrected chi connectivity index (χ2v) is 5.78. The Kier molecular flexibility index (Phi) is 2.62. The summed E-state index contributed by atoms with van der Waals surface area (Å²) in [6.07, 6.45) is 0.998. The molecule has 0 bridgehead atoms. The molecule has 74 valence electrons. The Balaban J connectivity index is 2.75. The van der Waals surface area contributed by atoms with E-state index in [2.05, 4.69) is 31.0 Å². The number of hydrogen-bond acceptors (Lipinski definition) is 2. The number of aryl methyl sites for hydroxylation is 2. The minimum absolute atomic E-state index is 0.412. The topological polar surface area (TPSA) is 22.1 Å². The average Bonchev–Trinajstić information content (AvgIpc) is 2.56. The first-order valence-corrected chi connectivity index (χ1v) is 6.40. The van der Waals surface area contributed by atoms with Gasteiger partial charge < -0.3 is 0 Å². The average molecular weight is 254 g/mol. The van der Waals surface area contributed by atoms with E-state index in [1.165, 1.54) is 14.4 Å². The van der Waals surface area contributed by atoms with E-state index in [0.29, 0.717) is 14.5 Å². The van der Waals surface area contributed by atoms with Crippen molar-refractivity contribution in [1.82, 2.24) is 4.98 Å². The molecule has 0 aliphatic rings. The van der Waals surface area contributed by atoms with Crippen LogP contribution in [0, 0.1) is 6.92 Å². The van der Waals surface area contributed by atoms with Crippen molar-refractivity contribution in [2.45, 2.75) is 20.3 Å². The van der Waals surface area contributed by atoms with Gasteiger partial charge in [-0.3, -0.25) is 0 Å². The molecule has 2 aromatic rings. The van der Waals surface area contributed by atoms with Crippen LogP contribution in [0.3, 0.4) is 0 Å². The molecule has 0 saturated carbocycles. The van der Waals surface area contributed by atoms with Crippen molar-refractivity contribution in [2.24, 2.45) is 0 Å². The van der Waals surface area contributed by atoms with E-state index in [1.807, 2.05) is 0 Å². The fourth-order valence-electron chi connectivity index (χ4n) is 1.63. The molecule has 2 nitrogen and oxygen atoms in total. The van der Waals surface area contributed by atoms with Gasteiger partial charge in [-0.15, -0.1) is 0 Å². The Morgan fingerprint density at radius 3 is 2.86 bits per heavy atom. The molecule has 0 aliphatic heterocycles. The standard InChI is InChI=1S/C11H13NOSe/c1-4-8-5-6-9-10(11(8)13-3)12-7(2)14-9/h5-6H,4H2,1-3H3. The molecule has 3 heteroatoms. The molecule has 0 N–H and O–H groups in total. The first kappa shape index (κ1) is 9.75. The summed E-state index contributed by atoms with van der Waals surface area (Å²) in [5.74, 6) is 0.976. The van der Waals surface area contributed by atoms with E-state index in [9.17, 15) is 0 Å². The number of nitrogens with zero attached hydrogens (tertiary/aromatic N) is 1. The summed E-state index contributed by atoms with van der Waals surface area (Å²) in [6.45, 7) is 4.23. The first-order valence-electron chi connectivity index (χ1n) is 4.69. The summed E-state index contributed by atoms with van der Waals surface area (Å²) in [6, 6.07) is 4.35. The van der Waals surface area contributed by atoms with Gasteiger partial charge in [-0.05, 0) is 0 Å². The predicted octanol–water partition coefficient (Wildman–Crippen LogP) is 2.17. The van der Waals surface area contributed by atoms with Gasteiger partial charge in [0.2, 0.25) is 0 Å². The summed E-state index contributed by atoms with van der Waals surface area (Å²) >= 11 is 0.412. The summed E-state index contributed by atoms with van der Waals surface area (Å²) in [7, 11) is 1.73. The molecule has 1 aromatic carbocycles. The zero-order valence-corrected chi connectivity index (χ0v) is 10.3. The van der Waals surface area contributed by atoms with Crippen molar-refractivity contribution in [3.8, 4) is 5.75 Å². The molecule has 0 saturated heterocycles. The number of rotatable bonds is 2. The first-order chi connectivity index (χ1) is 6.76. The Hall–Kier alpha value is -0.791. The number of hydrogen-bond donors (Lipinski definition) is 0. The van der Waals surface area contributed by atoms with E-state index in [-0.39, 0.29) is 0 Å².